The zero-order valence-electron chi connectivity index (χ0n) is 9.92. The lowest BCUT2D eigenvalue weighted by Gasteiger charge is -2.09. The Labute approximate surface area is 113 Å². The van der Waals surface area contributed by atoms with Crippen molar-refractivity contribution in [1.29, 1.82) is 0 Å². The second-order valence-corrected chi connectivity index (χ2v) is 5.18. The van der Waals surface area contributed by atoms with E-state index in [0.29, 0.717) is 17.5 Å². The number of thiazole rings is 1. The Kier molecular flexibility index (Phi) is 6.69. The van der Waals surface area contributed by atoms with Gasteiger partial charge in [0.25, 0.3) is 0 Å². The topological polar surface area (TPSA) is 94.3 Å². The van der Waals surface area contributed by atoms with E-state index in [2.05, 4.69) is 10.3 Å². The molecule has 1 aromatic heterocycles. The van der Waals surface area contributed by atoms with Crippen LogP contribution in [0, 0.1) is 0 Å². The number of esters is 1. The molecule has 1 amide bonds. The number of nitrogens with zero attached hydrogens (tertiary/aromatic N) is 1. The number of carbonyl (C=O) groups excluding carboxylic acids is 2. The van der Waals surface area contributed by atoms with E-state index in [1.165, 1.54) is 23.1 Å². The first kappa shape index (κ1) is 14.9. The Balaban J connectivity index is 2.17. The Hall–Kier alpha value is -1.12. The van der Waals surface area contributed by atoms with E-state index in [0.717, 1.165) is 0 Å². The van der Waals surface area contributed by atoms with Gasteiger partial charge in [-0.05, 0) is 6.92 Å². The lowest BCUT2D eigenvalue weighted by molar-refractivity contribution is -0.144. The molecular weight excluding hydrogens is 274 g/mol. The number of hydrogen-bond acceptors (Lipinski definition) is 7. The SMILES string of the molecule is CCOC(=O)C(N)CSCC(=O)Nc1nccs1. The van der Waals surface area contributed by atoms with Gasteiger partial charge < -0.3 is 15.8 Å². The lowest BCUT2D eigenvalue weighted by atomic mass is 10.4. The average molecular weight is 289 g/mol. The van der Waals surface area contributed by atoms with Crippen LogP contribution < -0.4 is 11.1 Å². The van der Waals surface area contributed by atoms with Crippen molar-refractivity contribution in [2.75, 3.05) is 23.4 Å². The van der Waals surface area contributed by atoms with Crippen LogP contribution in [-0.4, -0.2) is 41.0 Å². The Morgan fingerprint density at radius 3 is 3.06 bits per heavy atom. The molecule has 6 nitrogen and oxygen atoms in total. The Morgan fingerprint density at radius 2 is 2.44 bits per heavy atom. The van der Waals surface area contributed by atoms with Gasteiger partial charge in [-0.1, -0.05) is 0 Å². The Morgan fingerprint density at radius 1 is 1.67 bits per heavy atom. The number of rotatable bonds is 7. The van der Waals surface area contributed by atoms with Gasteiger partial charge in [0.15, 0.2) is 5.13 Å². The third-order valence-corrected chi connectivity index (χ3v) is 3.55. The molecule has 0 spiro atoms. The van der Waals surface area contributed by atoms with Crippen LogP contribution in [0.4, 0.5) is 5.13 Å². The fraction of sp³-hybridized carbons (Fsp3) is 0.500. The molecule has 0 aromatic carbocycles. The van der Waals surface area contributed by atoms with E-state index in [1.807, 2.05) is 0 Å². The van der Waals surface area contributed by atoms with Crippen LogP contribution in [0.5, 0.6) is 0 Å². The molecule has 1 aromatic rings. The van der Waals surface area contributed by atoms with Crippen LogP contribution in [-0.2, 0) is 14.3 Å². The summed E-state index contributed by atoms with van der Waals surface area (Å²) in [5.41, 5.74) is 5.59. The molecule has 0 bridgehead atoms. The first-order valence-corrected chi connectivity index (χ1v) is 7.36. The van der Waals surface area contributed by atoms with Gasteiger partial charge in [0.2, 0.25) is 5.91 Å². The van der Waals surface area contributed by atoms with E-state index in [4.69, 9.17) is 10.5 Å². The van der Waals surface area contributed by atoms with Crippen LogP contribution in [0.15, 0.2) is 11.6 Å². The second kappa shape index (κ2) is 8.06. The van der Waals surface area contributed by atoms with Crippen LogP contribution in [0.25, 0.3) is 0 Å². The van der Waals surface area contributed by atoms with Crippen molar-refractivity contribution < 1.29 is 14.3 Å². The highest BCUT2D eigenvalue weighted by Gasteiger charge is 2.15. The van der Waals surface area contributed by atoms with Crippen molar-refractivity contribution in [2.24, 2.45) is 5.73 Å². The third kappa shape index (κ3) is 5.48. The summed E-state index contributed by atoms with van der Waals surface area (Å²) >= 11 is 2.64. The second-order valence-electron chi connectivity index (χ2n) is 3.26. The molecule has 8 heteroatoms. The highest BCUT2D eigenvalue weighted by molar-refractivity contribution is 8.00. The van der Waals surface area contributed by atoms with E-state index < -0.39 is 12.0 Å². The lowest BCUT2D eigenvalue weighted by Crippen LogP contribution is -2.35. The van der Waals surface area contributed by atoms with Gasteiger partial charge in [0.05, 0.1) is 12.4 Å². The summed E-state index contributed by atoms with van der Waals surface area (Å²) in [5.74, 6) is -0.0204. The van der Waals surface area contributed by atoms with E-state index in [-0.39, 0.29) is 11.7 Å². The smallest absolute Gasteiger partial charge is 0.323 e. The molecule has 0 aliphatic rings. The molecular formula is C10H15N3O3S2. The molecule has 0 aliphatic heterocycles. The summed E-state index contributed by atoms with van der Waals surface area (Å²) < 4.78 is 4.76. The first-order valence-electron chi connectivity index (χ1n) is 5.32. The zero-order chi connectivity index (χ0) is 13.4. The molecule has 1 heterocycles. The number of ether oxygens (including phenoxy) is 1. The van der Waals surface area contributed by atoms with Crippen molar-refractivity contribution in [3.8, 4) is 0 Å². The number of amides is 1. The fourth-order valence-corrected chi connectivity index (χ4v) is 2.35. The number of thioether (sulfide) groups is 1. The van der Waals surface area contributed by atoms with Gasteiger partial charge in [-0.2, -0.15) is 0 Å². The fourth-order valence-electron chi connectivity index (χ4n) is 1.04. The first-order chi connectivity index (χ1) is 8.63. The summed E-state index contributed by atoms with van der Waals surface area (Å²) in [4.78, 5) is 26.6. The summed E-state index contributed by atoms with van der Waals surface area (Å²) in [5, 5.41) is 4.98. The van der Waals surface area contributed by atoms with Gasteiger partial charge >= 0.3 is 5.97 Å². The molecule has 100 valence electrons. The molecule has 0 saturated carbocycles. The molecule has 3 N–H and O–H groups in total. The van der Waals surface area contributed by atoms with Crippen molar-refractivity contribution in [1.82, 2.24) is 4.98 Å². The van der Waals surface area contributed by atoms with Crippen LogP contribution in [0.2, 0.25) is 0 Å². The molecule has 0 saturated heterocycles. The maximum Gasteiger partial charge on any atom is 0.323 e. The summed E-state index contributed by atoms with van der Waals surface area (Å²) in [6.07, 6.45) is 1.62. The van der Waals surface area contributed by atoms with Gasteiger partial charge in [-0.3, -0.25) is 9.59 Å². The molecule has 1 unspecified atom stereocenters. The van der Waals surface area contributed by atoms with Crippen molar-refractivity contribution >= 4 is 40.1 Å². The van der Waals surface area contributed by atoms with Gasteiger partial charge in [0.1, 0.15) is 6.04 Å². The monoisotopic (exact) mass is 289 g/mol. The average Bonchev–Trinajstić information content (AvgIpc) is 2.81. The van der Waals surface area contributed by atoms with Crippen LogP contribution in [0.3, 0.4) is 0 Å². The minimum absolute atomic E-state index is 0.161. The van der Waals surface area contributed by atoms with Crippen LogP contribution >= 0.6 is 23.1 Å². The Bertz CT molecular complexity index is 384. The molecule has 0 radical (unpaired) electrons. The molecule has 1 rings (SSSR count). The predicted molar refractivity (Wildman–Crippen MR) is 72.7 cm³/mol. The molecule has 18 heavy (non-hydrogen) atoms. The van der Waals surface area contributed by atoms with Gasteiger partial charge in [-0.25, -0.2) is 4.98 Å². The number of nitrogens with one attached hydrogen (secondary N) is 1. The summed E-state index contributed by atoms with van der Waals surface area (Å²) in [6.45, 7) is 2.03. The minimum Gasteiger partial charge on any atom is -0.465 e. The number of aromatic nitrogens is 1. The highest BCUT2D eigenvalue weighted by Crippen LogP contribution is 2.11. The molecule has 1 atom stereocenters. The van der Waals surface area contributed by atoms with E-state index in [1.54, 1.807) is 18.5 Å². The van der Waals surface area contributed by atoms with Gasteiger partial charge in [-0.15, -0.1) is 23.1 Å². The van der Waals surface area contributed by atoms with Crippen molar-refractivity contribution in [2.45, 2.75) is 13.0 Å². The van der Waals surface area contributed by atoms with E-state index in [9.17, 15) is 9.59 Å². The minimum atomic E-state index is -0.692. The molecule has 0 aliphatic carbocycles. The maximum absolute atomic E-state index is 11.5. The molecule has 0 fully saturated rings. The number of nitrogens with two attached hydrogens (primary N) is 1. The van der Waals surface area contributed by atoms with Gasteiger partial charge in [0, 0.05) is 17.3 Å². The normalized spacial score (nSPS) is 11.9. The number of hydrogen-bond donors (Lipinski definition) is 2. The van der Waals surface area contributed by atoms with E-state index >= 15 is 0 Å². The number of anilines is 1. The third-order valence-electron chi connectivity index (χ3n) is 1.80. The number of carbonyl (C=O) groups is 2. The van der Waals surface area contributed by atoms with Crippen molar-refractivity contribution in [3.05, 3.63) is 11.6 Å². The predicted octanol–water partition coefficient (Wildman–Crippen LogP) is 0.705. The zero-order valence-corrected chi connectivity index (χ0v) is 11.6. The standard InChI is InChI=1S/C10H15N3O3S2/c1-2-16-9(15)7(11)5-17-6-8(14)13-10-12-3-4-18-10/h3-4,7H,2,5-6,11H2,1H3,(H,12,13,14). The highest BCUT2D eigenvalue weighted by atomic mass is 32.2. The summed E-state index contributed by atoms with van der Waals surface area (Å²) in [6, 6.07) is -0.692. The van der Waals surface area contributed by atoms with Crippen LogP contribution in [0.1, 0.15) is 6.92 Å². The van der Waals surface area contributed by atoms with Crippen molar-refractivity contribution in [3.63, 3.8) is 0 Å². The maximum atomic E-state index is 11.5. The summed E-state index contributed by atoms with van der Waals surface area (Å²) in [7, 11) is 0. The quantitative estimate of drug-likeness (QED) is 0.718. The largest absolute Gasteiger partial charge is 0.465 e.